The first kappa shape index (κ1) is 25.0. The van der Waals surface area contributed by atoms with Crippen LogP contribution < -0.4 is 5.32 Å². The lowest BCUT2D eigenvalue weighted by Gasteiger charge is -2.17. The summed E-state index contributed by atoms with van der Waals surface area (Å²) in [7, 11) is 0. The van der Waals surface area contributed by atoms with Crippen molar-refractivity contribution in [3.63, 3.8) is 0 Å². The Morgan fingerprint density at radius 1 is 1.23 bits per heavy atom. The molecule has 0 bridgehead atoms. The number of carbonyl (C=O) groups is 2. The van der Waals surface area contributed by atoms with E-state index in [0.29, 0.717) is 5.69 Å². The third-order valence-corrected chi connectivity index (χ3v) is 8.47. The van der Waals surface area contributed by atoms with Gasteiger partial charge in [-0.15, -0.1) is 6.42 Å². The largest absolute Gasteiger partial charge is 0.480 e. The number of aliphatic carboxylic acids is 1. The Balaban J connectivity index is 1.40. The molecular weight excluding hydrogens is 509 g/mol. The maximum atomic E-state index is 12.5. The Morgan fingerprint density at radius 3 is 2.46 bits per heavy atom. The fraction of sp³-hybridized carbons (Fsp3) is 0.208. The molecule has 180 valence electrons. The van der Waals surface area contributed by atoms with Crippen LogP contribution in [0.25, 0.3) is 11.1 Å². The number of rotatable bonds is 9. The van der Waals surface area contributed by atoms with Crippen LogP contribution in [-0.2, 0) is 32.3 Å². The summed E-state index contributed by atoms with van der Waals surface area (Å²) in [4.78, 5) is 28.4. The molecular formula is C24H21ClN3O5PS. The summed E-state index contributed by atoms with van der Waals surface area (Å²) in [6.07, 6.45) is 7.07. The summed E-state index contributed by atoms with van der Waals surface area (Å²) in [5.41, 5.74) is 4.68. The predicted octanol–water partition coefficient (Wildman–Crippen LogP) is 4.38. The van der Waals surface area contributed by atoms with E-state index in [2.05, 4.69) is 16.2 Å². The zero-order chi connectivity index (χ0) is 25.0. The van der Waals surface area contributed by atoms with E-state index >= 15 is 0 Å². The van der Waals surface area contributed by atoms with E-state index in [1.807, 2.05) is 48.5 Å². The predicted molar refractivity (Wildman–Crippen MR) is 136 cm³/mol. The fourth-order valence-corrected chi connectivity index (χ4v) is 5.60. The van der Waals surface area contributed by atoms with Gasteiger partial charge in [0.25, 0.3) is 5.77 Å². The van der Waals surface area contributed by atoms with Crippen LogP contribution in [0.1, 0.15) is 22.7 Å². The van der Waals surface area contributed by atoms with Crippen LogP contribution >= 0.6 is 17.0 Å². The average molecular weight is 530 g/mol. The van der Waals surface area contributed by atoms with Crippen LogP contribution in [0.2, 0.25) is 0 Å². The van der Waals surface area contributed by atoms with Crippen molar-refractivity contribution < 1.29 is 24.0 Å². The van der Waals surface area contributed by atoms with Gasteiger partial charge in [0.1, 0.15) is 25.6 Å². The summed E-state index contributed by atoms with van der Waals surface area (Å²) in [5, 5.41) is 12.0. The molecule has 2 aromatic carbocycles. The van der Waals surface area contributed by atoms with Crippen LogP contribution in [0.15, 0.2) is 61.1 Å². The second kappa shape index (κ2) is 10.6. The Hall–Kier alpha value is -3.15. The first-order valence-electron chi connectivity index (χ1n) is 10.6. The smallest absolute Gasteiger partial charge is 0.407 e. The minimum atomic E-state index is -2.95. The van der Waals surface area contributed by atoms with Gasteiger partial charge in [-0.25, -0.2) is 14.6 Å². The SMILES string of the molecule is C#CCOP(=S)(Cl)n1cnc(C[C@H](NC(=O)OCC2c3ccccc3-c3ccccc32)C(=O)O)c1. The van der Waals surface area contributed by atoms with E-state index in [1.165, 1.54) is 16.9 Å². The number of hydrogen-bond donors (Lipinski definition) is 2. The number of carboxylic acid groups (broad SMARTS) is 1. The highest BCUT2D eigenvalue weighted by Gasteiger charge is 2.30. The van der Waals surface area contributed by atoms with Crippen molar-refractivity contribution in [3.05, 3.63) is 77.9 Å². The van der Waals surface area contributed by atoms with Gasteiger partial charge in [-0.1, -0.05) is 54.5 Å². The summed E-state index contributed by atoms with van der Waals surface area (Å²) >= 11 is 11.5. The van der Waals surface area contributed by atoms with E-state index in [-0.39, 0.29) is 25.6 Å². The monoisotopic (exact) mass is 529 g/mol. The maximum Gasteiger partial charge on any atom is 0.407 e. The quantitative estimate of drug-likeness (QED) is 0.313. The molecule has 1 aromatic heterocycles. The Labute approximate surface area is 212 Å². The van der Waals surface area contributed by atoms with Gasteiger partial charge in [0.2, 0.25) is 0 Å². The number of carbonyl (C=O) groups excluding carboxylic acids is 1. The van der Waals surface area contributed by atoms with Gasteiger partial charge in [-0.2, -0.15) is 0 Å². The standard InChI is InChI=1S/C24H21ClN3O5PS/c1-2-11-33-34(25,35)28-13-16(26-15-28)12-22(23(29)30)27-24(31)32-14-21-19-9-5-3-7-17(19)18-8-4-6-10-20(18)21/h1,3-10,13,15,21-22H,11-12,14H2,(H,27,31)(H,29,30)/t22-,34?/m0/s1. The zero-order valence-electron chi connectivity index (χ0n) is 18.3. The van der Waals surface area contributed by atoms with E-state index in [9.17, 15) is 14.7 Å². The van der Waals surface area contributed by atoms with Crippen molar-refractivity contribution in [2.75, 3.05) is 13.2 Å². The van der Waals surface area contributed by atoms with Crippen LogP contribution in [-0.4, -0.2) is 45.7 Å². The highest BCUT2D eigenvalue weighted by atomic mass is 35.7. The highest BCUT2D eigenvalue weighted by molar-refractivity contribution is 8.23. The molecule has 1 unspecified atom stereocenters. The molecule has 0 fully saturated rings. The number of benzene rings is 2. The number of nitrogens with one attached hydrogen (secondary N) is 1. The molecule has 0 radical (unpaired) electrons. The highest BCUT2D eigenvalue weighted by Crippen LogP contribution is 2.53. The molecule has 2 N–H and O–H groups in total. The number of imidazole rings is 1. The molecule has 11 heteroatoms. The average Bonchev–Trinajstić information content (AvgIpc) is 3.44. The molecule has 35 heavy (non-hydrogen) atoms. The first-order valence-corrected chi connectivity index (χ1v) is 14.1. The summed E-state index contributed by atoms with van der Waals surface area (Å²) in [5.74, 6) is -2.03. The van der Waals surface area contributed by atoms with E-state index in [4.69, 9.17) is 38.7 Å². The molecule has 0 saturated carbocycles. The molecule has 2 atom stereocenters. The number of carboxylic acids is 1. The molecule has 0 aliphatic heterocycles. The Bertz CT molecular complexity index is 1310. The number of amides is 1. The summed E-state index contributed by atoms with van der Waals surface area (Å²) < 4.78 is 12.1. The number of aromatic nitrogens is 2. The summed E-state index contributed by atoms with van der Waals surface area (Å²) in [6, 6.07) is 14.6. The van der Waals surface area contributed by atoms with Crippen molar-refractivity contribution >= 4 is 40.9 Å². The molecule has 1 amide bonds. The molecule has 0 spiro atoms. The number of nitrogens with zero attached hydrogens (tertiary/aromatic N) is 2. The zero-order valence-corrected chi connectivity index (χ0v) is 20.8. The molecule has 4 rings (SSSR count). The minimum Gasteiger partial charge on any atom is -0.480 e. The summed E-state index contributed by atoms with van der Waals surface area (Å²) in [6.45, 7) is 0.0118. The van der Waals surface area contributed by atoms with Crippen molar-refractivity contribution in [2.45, 2.75) is 18.4 Å². The topological polar surface area (TPSA) is 103 Å². The number of halogens is 1. The second-order valence-corrected chi connectivity index (χ2v) is 12.8. The number of ether oxygens (including phenoxy) is 1. The van der Waals surface area contributed by atoms with Gasteiger partial charge < -0.3 is 19.7 Å². The number of alkyl carbamates (subject to hydrolysis) is 1. The molecule has 8 nitrogen and oxygen atoms in total. The van der Waals surface area contributed by atoms with Gasteiger partial charge in [-0.05, 0) is 45.3 Å². The lowest BCUT2D eigenvalue weighted by molar-refractivity contribution is -0.139. The van der Waals surface area contributed by atoms with Crippen molar-refractivity contribution in [1.29, 1.82) is 0 Å². The van der Waals surface area contributed by atoms with E-state index < -0.39 is 23.9 Å². The fourth-order valence-electron chi connectivity index (χ4n) is 3.96. The van der Waals surface area contributed by atoms with E-state index in [0.717, 1.165) is 22.3 Å². The molecule has 1 heterocycles. The number of hydrogen-bond acceptors (Lipinski definition) is 6. The van der Waals surface area contributed by atoms with Crippen molar-refractivity contribution in [3.8, 4) is 23.5 Å². The minimum absolute atomic E-state index is 0.0601. The van der Waals surface area contributed by atoms with Gasteiger partial charge >= 0.3 is 12.1 Å². The lowest BCUT2D eigenvalue weighted by Crippen LogP contribution is -2.43. The molecule has 1 aliphatic carbocycles. The van der Waals surface area contributed by atoms with Crippen molar-refractivity contribution in [1.82, 2.24) is 14.6 Å². The Kier molecular flexibility index (Phi) is 7.58. The normalized spacial score (nSPS) is 14.7. The molecule has 3 aromatic rings. The van der Waals surface area contributed by atoms with Gasteiger partial charge in [0.15, 0.2) is 0 Å². The molecule has 1 aliphatic rings. The lowest BCUT2D eigenvalue weighted by atomic mass is 9.98. The molecule has 0 saturated heterocycles. The van der Waals surface area contributed by atoms with Crippen LogP contribution in [0, 0.1) is 12.3 Å². The first-order chi connectivity index (χ1) is 16.8. The van der Waals surface area contributed by atoms with Crippen molar-refractivity contribution in [2.24, 2.45) is 0 Å². The van der Waals surface area contributed by atoms with E-state index in [1.54, 1.807) is 0 Å². The van der Waals surface area contributed by atoms with Gasteiger partial charge in [0.05, 0.1) is 5.69 Å². The third kappa shape index (κ3) is 5.58. The maximum absolute atomic E-state index is 12.5. The van der Waals surface area contributed by atoms with Crippen LogP contribution in [0.3, 0.4) is 0 Å². The van der Waals surface area contributed by atoms with Crippen LogP contribution in [0.4, 0.5) is 4.79 Å². The van der Waals surface area contributed by atoms with Gasteiger partial charge in [0, 0.05) is 18.5 Å². The second-order valence-electron chi connectivity index (χ2n) is 7.74. The number of terminal acetylenes is 1. The Morgan fingerprint density at radius 2 is 1.86 bits per heavy atom. The number of fused-ring (bicyclic) bond motifs is 3. The van der Waals surface area contributed by atoms with Gasteiger partial charge in [-0.3, -0.25) is 4.34 Å². The third-order valence-electron chi connectivity index (χ3n) is 5.55. The van der Waals surface area contributed by atoms with Crippen LogP contribution in [0.5, 0.6) is 0 Å².